The molecule has 0 heterocycles. The molecular weight excluding hydrogens is 266 g/mol. The second-order valence-electron chi connectivity index (χ2n) is 9.63. The molecule has 4 rings (SSSR count). The van der Waals surface area contributed by atoms with Gasteiger partial charge in [-0.25, -0.2) is 0 Å². The molecule has 0 saturated heterocycles. The normalized spacial score (nSPS) is 47.0. The smallest absolute Gasteiger partial charge is 0.0406 e. The summed E-state index contributed by atoms with van der Waals surface area (Å²) >= 11 is 0. The molecule has 2 fully saturated rings. The molecule has 0 aromatic heterocycles. The van der Waals surface area contributed by atoms with Crippen LogP contribution in [0.1, 0.15) is 78.6 Å². The summed E-state index contributed by atoms with van der Waals surface area (Å²) in [6, 6.07) is 0. The molecule has 0 spiro atoms. The molecule has 4 aliphatic carbocycles. The predicted molar refractivity (Wildman–Crippen MR) is 93.5 cm³/mol. The fourth-order valence-electron chi connectivity index (χ4n) is 6.57. The lowest BCUT2D eigenvalue weighted by Gasteiger charge is -2.55. The van der Waals surface area contributed by atoms with Gasteiger partial charge in [-0.05, 0) is 80.5 Å². The van der Waals surface area contributed by atoms with E-state index in [-0.39, 0.29) is 5.54 Å². The van der Waals surface area contributed by atoms with Crippen LogP contribution >= 0.6 is 0 Å². The van der Waals surface area contributed by atoms with Crippen molar-refractivity contribution in [2.75, 3.05) is 0 Å². The van der Waals surface area contributed by atoms with Crippen molar-refractivity contribution in [2.24, 2.45) is 28.4 Å². The van der Waals surface area contributed by atoms with E-state index in [1.54, 1.807) is 5.57 Å². The van der Waals surface area contributed by atoms with Gasteiger partial charge in [-0.1, -0.05) is 44.1 Å². The number of allylic oxidation sites excluding steroid dienone is 2. The van der Waals surface area contributed by atoms with Gasteiger partial charge in [-0.15, -0.1) is 0 Å². The minimum absolute atomic E-state index is 0.0167. The molecule has 4 atom stereocenters. The molecule has 122 valence electrons. The molecule has 0 aliphatic heterocycles. The Bertz CT molecular complexity index is 554. The molecule has 1 heteroatoms. The average Bonchev–Trinajstić information content (AvgIpc) is 2.70. The van der Waals surface area contributed by atoms with Crippen LogP contribution in [-0.4, -0.2) is 5.54 Å². The van der Waals surface area contributed by atoms with E-state index < -0.39 is 0 Å². The lowest BCUT2D eigenvalue weighted by molar-refractivity contribution is 0.0645. The van der Waals surface area contributed by atoms with E-state index >= 15 is 0 Å². The number of nitrogens with two attached hydrogens (primary N) is 1. The van der Waals surface area contributed by atoms with Gasteiger partial charge in [0, 0.05) is 5.54 Å². The first-order valence-corrected chi connectivity index (χ1v) is 9.46. The Labute approximate surface area is 136 Å². The van der Waals surface area contributed by atoms with Crippen LogP contribution in [0, 0.1) is 22.7 Å². The Hall–Kier alpha value is -0.560. The number of rotatable bonds is 0. The second kappa shape index (κ2) is 4.50. The SMILES string of the molecule is C=C1CCC2(N)C3=C(CCC2C1)C1CCC(C)(C)C1(C)CC3. The maximum Gasteiger partial charge on any atom is 0.0406 e. The van der Waals surface area contributed by atoms with E-state index in [1.165, 1.54) is 50.5 Å². The van der Waals surface area contributed by atoms with Crippen molar-refractivity contribution in [3.05, 3.63) is 23.3 Å². The van der Waals surface area contributed by atoms with E-state index in [0.29, 0.717) is 16.7 Å². The van der Waals surface area contributed by atoms with Gasteiger partial charge in [-0.3, -0.25) is 0 Å². The largest absolute Gasteiger partial charge is 0.321 e. The minimum Gasteiger partial charge on any atom is -0.321 e. The van der Waals surface area contributed by atoms with Gasteiger partial charge >= 0.3 is 0 Å². The van der Waals surface area contributed by atoms with Gasteiger partial charge in [-0.2, -0.15) is 0 Å². The Morgan fingerprint density at radius 2 is 1.77 bits per heavy atom. The Kier molecular flexibility index (Phi) is 3.07. The average molecular weight is 300 g/mol. The lowest BCUT2D eigenvalue weighted by Crippen LogP contribution is -2.55. The van der Waals surface area contributed by atoms with Crippen molar-refractivity contribution in [1.29, 1.82) is 0 Å². The van der Waals surface area contributed by atoms with Gasteiger partial charge in [0.15, 0.2) is 0 Å². The molecule has 4 unspecified atom stereocenters. The van der Waals surface area contributed by atoms with Crippen LogP contribution in [0.5, 0.6) is 0 Å². The topological polar surface area (TPSA) is 26.0 Å². The number of fused-ring (bicyclic) bond motifs is 4. The minimum atomic E-state index is 0.0167. The molecule has 4 aliphatic rings. The summed E-state index contributed by atoms with van der Waals surface area (Å²) < 4.78 is 0. The summed E-state index contributed by atoms with van der Waals surface area (Å²) in [5, 5.41) is 0. The van der Waals surface area contributed by atoms with Gasteiger partial charge in [0.25, 0.3) is 0 Å². The molecule has 0 aromatic rings. The molecule has 0 radical (unpaired) electrons. The quantitative estimate of drug-likeness (QED) is 0.598. The Morgan fingerprint density at radius 1 is 1.00 bits per heavy atom. The van der Waals surface area contributed by atoms with E-state index in [2.05, 4.69) is 27.4 Å². The molecule has 0 bridgehead atoms. The maximum absolute atomic E-state index is 7.08. The summed E-state index contributed by atoms with van der Waals surface area (Å²) in [6.45, 7) is 11.8. The van der Waals surface area contributed by atoms with Crippen molar-refractivity contribution >= 4 is 0 Å². The maximum atomic E-state index is 7.08. The highest BCUT2D eigenvalue weighted by Gasteiger charge is 2.57. The van der Waals surface area contributed by atoms with E-state index in [0.717, 1.165) is 18.8 Å². The second-order valence-corrected chi connectivity index (χ2v) is 9.63. The summed E-state index contributed by atoms with van der Waals surface area (Å²) in [5.41, 5.74) is 13.1. The van der Waals surface area contributed by atoms with Crippen LogP contribution in [0.15, 0.2) is 23.3 Å². The Balaban J connectivity index is 1.75. The van der Waals surface area contributed by atoms with E-state index in [1.807, 2.05) is 5.57 Å². The van der Waals surface area contributed by atoms with Gasteiger partial charge in [0.2, 0.25) is 0 Å². The van der Waals surface area contributed by atoms with Gasteiger partial charge in [0.1, 0.15) is 0 Å². The highest BCUT2D eigenvalue weighted by molar-refractivity contribution is 5.39. The first-order chi connectivity index (χ1) is 10.3. The molecule has 0 aromatic carbocycles. The molecule has 1 nitrogen and oxygen atoms in total. The molecule has 2 saturated carbocycles. The van der Waals surface area contributed by atoms with E-state index in [9.17, 15) is 0 Å². The van der Waals surface area contributed by atoms with Crippen molar-refractivity contribution in [3.63, 3.8) is 0 Å². The summed E-state index contributed by atoms with van der Waals surface area (Å²) in [4.78, 5) is 0. The third kappa shape index (κ3) is 1.75. The highest BCUT2D eigenvalue weighted by Crippen LogP contribution is 2.66. The fraction of sp³-hybridized carbons (Fsp3) is 0.810. The fourth-order valence-corrected chi connectivity index (χ4v) is 6.57. The van der Waals surface area contributed by atoms with Crippen LogP contribution in [0.2, 0.25) is 0 Å². The zero-order valence-electron chi connectivity index (χ0n) is 14.8. The summed E-state index contributed by atoms with van der Waals surface area (Å²) in [6.07, 6.45) is 11.5. The summed E-state index contributed by atoms with van der Waals surface area (Å²) in [7, 11) is 0. The third-order valence-electron chi connectivity index (χ3n) is 8.56. The molecular formula is C21H33N. The van der Waals surface area contributed by atoms with Crippen LogP contribution in [0.4, 0.5) is 0 Å². The van der Waals surface area contributed by atoms with Crippen molar-refractivity contribution in [1.82, 2.24) is 0 Å². The highest BCUT2D eigenvalue weighted by atomic mass is 14.8. The van der Waals surface area contributed by atoms with Crippen LogP contribution in [0.3, 0.4) is 0 Å². The molecule has 2 N–H and O–H groups in total. The standard InChI is InChI=1S/C21H33N/c1-14-7-12-21(22)15(13-14)5-6-16-17-8-10-19(2,3)20(17,4)11-9-18(16)21/h15,17H,1,5-13,22H2,2-4H3. The van der Waals surface area contributed by atoms with Crippen molar-refractivity contribution < 1.29 is 0 Å². The zero-order chi connectivity index (χ0) is 15.8. The van der Waals surface area contributed by atoms with Crippen LogP contribution in [0.25, 0.3) is 0 Å². The third-order valence-corrected chi connectivity index (χ3v) is 8.56. The number of hydrogen-bond donors (Lipinski definition) is 1. The van der Waals surface area contributed by atoms with Gasteiger partial charge in [0.05, 0.1) is 0 Å². The van der Waals surface area contributed by atoms with Crippen molar-refractivity contribution in [3.8, 4) is 0 Å². The zero-order valence-corrected chi connectivity index (χ0v) is 14.8. The monoisotopic (exact) mass is 299 g/mol. The van der Waals surface area contributed by atoms with E-state index in [4.69, 9.17) is 5.73 Å². The lowest BCUT2D eigenvalue weighted by atomic mass is 9.52. The Morgan fingerprint density at radius 3 is 2.55 bits per heavy atom. The van der Waals surface area contributed by atoms with Crippen LogP contribution < -0.4 is 5.73 Å². The number of hydrogen-bond acceptors (Lipinski definition) is 1. The van der Waals surface area contributed by atoms with Crippen molar-refractivity contribution in [2.45, 2.75) is 84.1 Å². The summed E-state index contributed by atoms with van der Waals surface area (Å²) in [5.74, 6) is 1.49. The first-order valence-electron chi connectivity index (χ1n) is 9.46. The first kappa shape index (κ1) is 15.0. The predicted octanol–water partition coefficient (Wildman–Crippen LogP) is 5.37. The molecule has 0 amide bonds. The van der Waals surface area contributed by atoms with Crippen LogP contribution in [-0.2, 0) is 0 Å². The molecule has 22 heavy (non-hydrogen) atoms. The van der Waals surface area contributed by atoms with Gasteiger partial charge < -0.3 is 5.73 Å².